The van der Waals surface area contributed by atoms with Crippen LogP contribution < -0.4 is 25.2 Å². The van der Waals surface area contributed by atoms with Crippen LogP contribution in [0.5, 0.6) is 11.5 Å². The highest BCUT2D eigenvalue weighted by Gasteiger charge is 2.19. The Morgan fingerprint density at radius 2 is 1.80 bits per heavy atom. The van der Waals surface area contributed by atoms with Gasteiger partial charge in [0.05, 0.1) is 13.7 Å². The standard InChI is InChI=1S/C22H25N3O5/c1-15(26)17-9-10-19(20(12-17)29-2)30-14-22(28)24-23-21(27)13-25-11-5-7-16-6-3-4-8-18(16)25/h3-4,6,8-10,12H,5,7,11,13-14H2,1-2H3,(H,23,27)(H,24,28). The van der Waals surface area contributed by atoms with Gasteiger partial charge in [-0.15, -0.1) is 0 Å². The van der Waals surface area contributed by atoms with Crippen molar-refractivity contribution < 1.29 is 23.9 Å². The summed E-state index contributed by atoms with van der Waals surface area (Å²) in [6, 6.07) is 12.7. The number of anilines is 1. The highest BCUT2D eigenvalue weighted by atomic mass is 16.5. The van der Waals surface area contributed by atoms with Crippen LogP contribution >= 0.6 is 0 Å². The topological polar surface area (TPSA) is 97.0 Å². The van der Waals surface area contributed by atoms with Crippen LogP contribution in [-0.2, 0) is 16.0 Å². The lowest BCUT2D eigenvalue weighted by Gasteiger charge is -2.30. The van der Waals surface area contributed by atoms with E-state index in [1.165, 1.54) is 19.6 Å². The minimum atomic E-state index is -0.514. The number of ether oxygens (including phenoxy) is 2. The fraction of sp³-hybridized carbons (Fsp3) is 0.318. The van der Waals surface area contributed by atoms with Gasteiger partial charge in [0.1, 0.15) is 0 Å². The maximum absolute atomic E-state index is 12.2. The molecule has 1 heterocycles. The molecule has 8 nitrogen and oxygen atoms in total. The summed E-state index contributed by atoms with van der Waals surface area (Å²) in [6.45, 7) is 2.08. The zero-order chi connectivity index (χ0) is 21.5. The molecule has 0 aromatic heterocycles. The molecule has 1 aliphatic heterocycles. The van der Waals surface area contributed by atoms with Gasteiger partial charge < -0.3 is 14.4 Å². The van der Waals surface area contributed by atoms with E-state index in [1.54, 1.807) is 18.2 Å². The Balaban J connectivity index is 1.47. The van der Waals surface area contributed by atoms with Gasteiger partial charge >= 0.3 is 0 Å². The number of hydrazine groups is 1. The van der Waals surface area contributed by atoms with Crippen molar-refractivity contribution in [2.75, 3.05) is 31.7 Å². The Hall–Kier alpha value is -3.55. The van der Waals surface area contributed by atoms with Crippen molar-refractivity contribution in [2.24, 2.45) is 0 Å². The Kier molecular flexibility index (Phi) is 6.90. The predicted octanol–water partition coefficient (Wildman–Crippen LogP) is 1.88. The number of para-hydroxylation sites is 1. The first kappa shape index (κ1) is 21.2. The zero-order valence-electron chi connectivity index (χ0n) is 17.1. The second kappa shape index (κ2) is 9.78. The van der Waals surface area contributed by atoms with Crippen LogP contribution in [-0.4, -0.2) is 44.4 Å². The lowest BCUT2D eigenvalue weighted by atomic mass is 10.0. The molecule has 8 heteroatoms. The van der Waals surface area contributed by atoms with E-state index in [-0.39, 0.29) is 24.8 Å². The monoisotopic (exact) mass is 411 g/mol. The molecule has 1 aliphatic rings. The van der Waals surface area contributed by atoms with Gasteiger partial charge in [-0.25, -0.2) is 0 Å². The van der Waals surface area contributed by atoms with E-state index in [0.29, 0.717) is 17.1 Å². The molecule has 2 amide bonds. The van der Waals surface area contributed by atoms with Crippen LogP contribution in [0.2, 0.25) is 0 Å². The number of benzene rings is 2. The van der Waals surface area contributed by atoms with Crippen LogP contribution in [0.3, 0.4) is 0 Å². The number of hydrogen-bond acceptors (Lipinski definition) is 6. The third-order valence-corrected chi connectivity index (χ3v) is 4.81. The second-order valence-corrected chi connectivity index (χ2v) is 6.96. The maximum atomic E-state index is 12.2. The number of Topliss-reactive ketones (excluding diaryl/α,β-unsaturated/α-hetero) is 1. The molecule has 0 atom stereocenters. The fourth-order valence-electron chi connectivity index (χ4n) is 3.31. The van der Waals surface area contributed by atoms with Crippen LogP contribution in [0.15, 0.2) is 42.5 Å². The summed E-state index contributed by atoms with van der Waals surface area (Å²) in [6.07, 6.45) is 1.98. The number of nitrogens with zero attached hydrogens (tertiary/aromatic N) is 1. The number of fused-ring (bicyclic) bond motifs is 1. The normalized spacial score (nSPS) is 12.5. The van der Waals surface area contributed by atoms with Crippen molar-refractivity contribution in [2.45, 2.75) is 19.8 Å². The van der Waals surface area contributed by atoms with Gasteiger partial charge in [-0.3, -0.25) is 25.2 Å². The van der Waals surface area contributed by atoms with Gasteiger partial charge in [-0.2, -0.15) is 0 Å². The van der Waals surface area contributed by atoms with Crippen LogP contribution in [0.4, 0.5) is 5.69 Å². The third-order valence-electron chi connectivity index (χ3n) is 4.81. The Morgan fingerprint density at radius 1 is 1.03 bits per heavy atom. The highest BCUT2D eigenvalue weighted by molar-refractivity contribution is 5.94. The van der Waals surface area contributed by atoms with E-state index in [0.717, 1.165) is 25.1 Å². The lowest BCUT2D eigenvalue weighted by molar-refractivity contribution is -0.129. The molecule has 2 aromatic rings. The molecule has 0 saturated heterocycles. The molecular formula is C22H25N3O5. The third kappa shape index (κ3) is 5.28. The molecule has 30 heavy (non-hydrogen) atoms. The number of hydrogen-bond donors (Lipinski definition) is 2. The first-order valence-electron chi connectivity index (χ1n) is 9.70. The van der Waals surface area contributed by atoms with E-state index < -0.39 is 5.91 Å². The number of methoxy groups -OCH3 is 1. The molecule has 0 saturated carbocycles. The Morgan fingerprint density at radius 3 is 2.57 bits per heavy atom. The molecule has 0 radical (unpaired) electrons. The molecule has 0 bridgehead atoms. The number of nitrogens with one attached hydrogen (secondary N) is 2. The fourth-order valence-corrected chi connectivity index (χ4v) is 3.31. The van der Waals surface area contributed by atoms with E-state index in [4.69, 9.17) is 9.47 Å². The molecular weight excluding hydrogens is 386 g/mol. The number of carbonyl (C=O) groups is 3. The second-order valence-electron chi connectivity index (χ2n) is 6.96. The molecule has 2 N–H and O–H groups in total. The van der Waals surface area contributed by atoms with Crippen molar-refractivity contribution in [3.63, 3.8) is 0 Å². The summed E-state index contributed by atoms with van der Waals surface area (Å²) in [5.74, 6) is -0.252. The largest absolute Gasteiger partial charge is 0.493 e. The number of ketones is 1. The van der Waals surface area contributed by atoms with Gasteiger partial charge in [-0.1, -0.05) is 18.2 Å². The molecule has 0 fully saturated rings. The molecule has 3 rings (SSSR count). The lowest BCUT2D eigenvalue weighted by Crippen LogP contribution is -2.48. The van der Waals surface area contributed by atoms with Gasteiger partial charge in [0.25, 0.3) is 11.8 Å². The summed E-state index contributed by atoms with van der Waals surface area (Å²) in [5, 5.41) is 0. The predicted molar refractivity (Wildman–Crippen MR) is 112 cm³/mol. The van der Waals surface area contributed by atoms with Gasteiger partial charge in [0, 0.05) is 17.8 Å². The first-order valence-corrected chi connectivity index (χ1v) is 9.70. The average Bonchev–Trinajstić information content (AvgIpc) is 2.76. The summed E-state index contributed by atoms with van der Waals surface area (Å²) >= 11 is 0. The van der Waals surface area contributed by atoms with E-state index >= 15 is 0 Å². The number of amides is 2. The summed E-state index contributed by atoms with van der Waals surface area (Å²) in [5.41, 5.74) is 7.51. The van der Waals surface area contributed by atoms with Crippen LogP contribution in [0.1, 0.15) is 29.3 Å². The Bertz CT molecular complexity index is 944. The quantitative estimate of drug-likeness (QED) is 0.533. The molecule has 158 valence electrons. The smallest absolute Gasteiger partial charge is 0.276 e. The summed E-state index contributed by atoms with van der Waals surface area (Å²) in [4.78, 5) is 37.7. The van der Waals surface area contributed by atoms with Crippen molar-refractivity contribution in [3.8, 4) is 11.5 Å². The van der Waals surface area contributed by atoms with Crippen LogP contribution in [0.25, 0.3) is 0 Å². The van der Waals surface area contributed by atoms with E-state index in [2.05, 4.69) is 16.9 Å². The molecule has 0 aliphatic carbocycles. The highest BCUT2D eigenvalue weighted by Crippen LogP contribution is 2.28. The molecule has 0 spiro atoms. The van der Waals surface area contributed by atoms with Crippen molar-refractivity contribution >= 4 is 23.3 Å². The first-order chi connectivity index (χ1) is 14.5. The van der Waals surface area contributed by atoms with E-state index in [9.17, 15) is 14.4 Å². The van der Waals surface area contributed by atoms with Crippen molar-refractivity contribution in [1.82, 2.24) is 10.9 Å². The number of aryl methyl sites for hydroxylation is 1. The Labute approximate surface area is 175 Å². The SMILES string of the molecule is COc1cc(C(C)=O)ccc1OCC(=O)NNC(=O)CN1CCCc2ccccc21. The van der Waals surface area contributed by atoms with Gasteiger partial charge in [-0.05, 0) is 49.6 Å². The van der Waals surface area contributed by atoms with E-state index in [1.807, 2.05) is 23.1 Å². The summed E-state index contributed by atoms with van der Waals surface area (Å²) < 4.78 is 10.6. The maximum Gasteiger partial charge on any atom is 0.276 e. The molecule has 0 unspecified atom stereocenters. The number of carbonyl (C=O) groups excluding carboxylic acids is 3. The van der Waals surface area contributed by atoms with Crippen LogP contribution in [0, 0.1) is 0 Å². The number of rotatable bonds is 7. The van der Waals surface area contributed by atoms with Crippen molar-refractivity contribution in [1.29, 1.82) is 0 Å². The minimum Gasteiger partial charge on any atom is -0.493 e. The minimum absolute atomic E-state index is 0.100. The summed E-state index contributed by atoms with van der Waals surface area (Å²) in [7, 11) is 1.45. The average molecular weight is 411 g/mol. The van der Waals surface area contributed by atoms with Gasteiger partial charge in [0.15, 0.2) is 23.9 Å². The zero-order valence-corrected chi connectivity index (χ0v) is 17.1. The molecule has 2 aromatic carbocycles. The van der Waals surface area contributed by atoms with Crippen molar-refractivity contribution in [3.05, 3.63) is 53.6 Å². The van der Waals surface area contributed by atoms with Gasteiger partial charge in [0.2, 0.25) is 0 Å².